The van der Waals surface area contributed by atoms with Crippen LogP contribution in [0, 0.1) is 17.7 Å². The van der Waals surface area contributed by atoms with Gasteiger partial charge in [0.15, 0.2) is 0 Å². The highest BCUT2D eigenvalue weighted by molar-refractivity contribution is 7.89. The Morgan fingerprint density at radius 1 is 1.17 bits per heavy atom. The number of benzene rings is 1. The molecule has 3 aliphatic rings. The average molecular weight is 436 g/mol. The Bertz CT molecular complexity index is 915. The minimum Gasteiger partial charge on any atom is -0.481 e. The molecule has 7 heteroatoms. The van der Waals surface area contributed by atoms with E-state index in [2.05, 4.69) is 4.72 Å². The van der Waals surface area contributed by atoms with Crippen LogP contribution < -0.4 is 4.72 Å². The standard InChI is InChI=1S/C23H30FNO4S/c24-20-7-5-6-17(16-20)14-15-30(28,29)25-23-19-12-10-18(11-13-19)21(23)8-3-1-2-4-9-22(26)27/h1,3,5-7,16,18-19,25H,2,4,8-15H2,(H,26,27). The van der Waals surface area contributed by atoms with Crippen LogP contribution in [0.4, 0.5) is 4.39 Å². The highest BCUT2D eigenvalue weighted by atomic mass is 32.2. The van der Waals surface area contributed by atoms with Gasteiger partial charge in [0, 0.05) is 12.1 Å². The van der Waals surface area contributed by atoms with E-state index in [0.29, 0.717) is 30.7 Å². The Hall–Kier alpha value is -2.15. The average Bonchev–Trinajstić information content (AvgIpc) is 2.71. The number of aryl methyl sites for hydroxylation is 1. The number of allylic oxidation sites excluding steroid dienone is 4. The molecule has 4 rings (SSSR count). The number of aliphatic carboxylic acids is 1. The summed E-state index contributed by atoms with van der Waals surface area (Å²) in [4.78, 5) is 10.6. The minimum absolute atomic E-state index is 0.0738. The summed E-state index contributed by atoms with van der Waals surface area (Å²) in [7, 11) is -3.52. The van der Waals surface area contributed by atoms with E-state index in [0.717, 1.165) is 31.4 Å². The van der Waals surface area contributed by atoms with E-state index in [4.69, 9.17) is 5.11 Å². The number of rotatable bonds is 11. The number of nitrogens with one attached hydrogen (secondary N) is 1. The summed E-state index contributed by atoms with van der Waals surface area (Å²) in [5, 5.41) is 8.70. The van der Waals surface area contributed by atoms with Gasteiger partial charge in [-0.1, -0.05) is 24.3 Å². The molecule has 2 bridgehead atoms. The van der Waals surface area contributed by atoms with Gasteiger partial charge in [-0.25, -0.2) is 12.8 Å². The van der Waals surface area contributed by atoms with Crippen LogP contribution >= 0.6 is 0 Å². The summed E-state index contributed by atoms with van der Waals surface area (Å²) in [6.07, 6.45) is 10.7. The van der Waals surface area contributed by atoms with Gasteiger partial charge in [0.1, 0.15) is 5.82 Å². The smallest absolute Gasteiger partial charge is 0.303 e. The van der Waals surface area contributed by atoms with Gasteiger partial charge in [0.05, 0.1) is 5.75 Å². The first-order valence-corrected chi connectivity index (χ1v) is 12.3. The van der Waals surface area contributed by atoms with Crippen LogP contribution in [0.1, 0.15) is 56.9 Å². The molecule has 1 saturated carbocycles. The van der Waals surface area contributed by atoms with Crippen molar-refractivity contribution < 1.29 is 22.7 Å². The van der Waals surface area contributed by atoms with Crippen molar-refractivity contribution in [3.63, 3.8) is 0 Å². The Kier molecular flexibility index (Phi) is 7.69. The predicted octanol–water partition coefficient (Wildman–Crippen LogP) is 4.56. The van der Waals surface area contributed by atoms with Gasteiger partial charge in [0.25, 0.3) is 0 Å². The lowest BCUT2D eigenvalue weighted by Crippen LogP contribution is -2.37. The Morgan fingerprint density at radius 3 is 2.60 bits per heavy atom. The van der Waals surface area contributed by atoms with Crippen molar-refractivity contribution in [2.75, 3.05) is 5.75 Å². The highest BCUT2D eigenvalue weighted by Crippen LogP contribution is 2.45. The van der Waals surface area contributed by atoms with Crippen molar-refractivity contribution in [2.24, 2.45) is 11.8 Å². The van der Waals surface area contributed by atoms with E-state index in [1.165, 1.54) is 17.7 Å². The Labute approximate surface area is 178 Å². The fourth-order valence-electron chi connectivity index (χ4n) is 4.50. The van der Waals surface area contributed by atoms with E-state index in [-0.39, 0.29) is 30.3 Å². The Morgan fingerprint density at radius 2 is 1.90 bits per heavy atom. The number of hydrogen-bond acceptors (Lipinski definition) is 3. The van der Waals surface area contributed by atoms with Crippen molar-refractivity contribution in [1.29, 1.82) is 0 Å². The summed E-state index contributed by atoms with van der Waals surface area (Å²) in [5.41, 5.74) is 2.72. The van der Waals surface area contributed by atoms with Crippen molar-refractivity contribution >= 4 is 16.0 Å². The number of carboxylic acid groups (broad SMARTS) is 1. The topological polar surface area (TPSA) is 83.5 Å². The van der Waals surface area contributed by atoms with Gasteiger partial charge in [-0.05, 0) is 86.5 Å². The normalized spacial score (nSPS) is 21.4. The molecular weight excluding hydrogens is 405 g/mol. The molecule has 0 amide bonds. The van der Waals surface area contributed by atoms with Crippen molar-refractivity contribution in [3.05, 3.63) is 59.1 Å². The zero-order valence-corrected chi connectivity index (χ0v) is 18.0. The first-order chi connectivity index (χ1) is 14.3. The lowest BCUT2D eigenvalue weighted by Gasteiger charge is -2.40. The predicted molar refractivity (Wildman–Crippen MR) is 115 cm³/mol. The molecule has 0 radical (unpaired) electrons. The number of unbranched alkanes of at least 4 members (excludes halogenated alkanes) is 1. The molecule has 0 saturated heterocycles. The monoisotopic (exact) mass is 435 g/mol. The maximum Gasteiger partial charge on any atom is 0.303 e. The van der Waals surface area contributed by atoms with Gasteiger partial charge in [-0.3, -0.25) is 9.52 Å². The molecule has 0 heterocycles. The number of halogens is 1. The molecule has 0 spiro atoms. The van der Waals surface area contributed by atoms with Gasteiger partial charge < -0.3 is 5.11 Å². The fraction of sp³-hybridized carbons (Fsp3) is 0.522. The van der Waals surface area contributed by atoms with Crippen molar-refractivity contribution in [3.8, 4) is 0 Å². The van der Waals surface area contributed by atoms with E-state index >= 15 is 0 Å². The molecule has 0 aliphatic heterocycles. The van der Waals surface area contributed by atoms with Gasteiger partial charge >= 0.3 is 5.97 Å². The molecule has 2 N–H and O–H groups in total. The third kappa shape index (κ3) is 6.42. The molecular formula is C23H30FNO4S. The second-order valence-electron chi connectivity index (χ2n) is 8.25. The quantitative estimate of drug-likeness (QED) is 0.394. The molecule has 3 aliphatic carbocycles. The summed E-state index contributed by atoms with van der Waals surface area (Å²) >= 11 is 0. The third-order valence-corrected chi connectivity index (χ3v) is 7.33. The first kappa shape index (κ1) is 22.5. The number of sulfonamides is 1. The van der Waals surface area contributed by atoms with Crippen LogP contribution in [0.25, 0.3) is 0 Å². The highest BCUT2D eigenvalue weighted by Gasteiger charge is 2.36. The molecule has 1 fully saturated rings. The zero-order chi connectivity index (χ0) is 21.6. The largest absolute Gasteiger partial charge is 0.481 e. The van der Waals surface area contributed by atoms with E-state index in [9.17, 15) is 17.6 Å². The zero-order valence-electron chi connectivity index (χ0n) is 17.1. The first-order valence-electron chi connectivity index (χ1n) is 10.7. The molecule has 1 aromatic carbocycles. The van der Waals surface area contributed by atoms with Crippen molar-refractivity contribution in [2.45, 2.75) is 57.8 Å². The van der Waals surface area contributed by atoms with Crippen LogP contribution in [0.3, 0.4) is 0 Å². The van der Waals surface area contributed by atoms with Crippen LogP contribution in [0.2, 0.25) is 0 Å². The van der Waals surface area contributed by atoms with Crippen LogP contribution in [-0.2, 0) is 21.2 Å². The van der Waals surface area contributed by atoms with Crippen molar-refractivity contribution in [1.82, 2.24) is 4.72 Å². The molecule has 164 valence electrons. The number of hydrogen-bond donors (Lipinski definition) is 2. The second kappa shape index (κ2) is 10.2. The maximum atomic E-state index is 13.3. The van der Waals surface area contributed by atoms with Gasteiger partial charge in [-0.15, -0.1) is 0 Å². The SMILES string of the molecule is O=C(O)CCCC=CCC1=C(NS(=O)(=O)CCc2cccc(F)c2)C2CCC1CC2. The second-order valence-corrected chi connectivity index (χ2v) is 10.1. The van der Waals surface area contributed by atoms with E-state index in [1.807, 2.05) is 12.2 Å². The molecule has 30 heavy (non-hydrogen) atoms. The summed E-state index contributed by atoms with van der Waals surface area (Å²) in [6.45, 7) is 0. The molecule has 0 atom stereocenters. The van der Waals surface area contributed by atoms with E-state index in [1.54, 1.807) is 12.1 Å². The molecule has 0 aromatic heterocycles. The van der Waals surface area contributed by atoms with Crippen LogP contribution in [-0.4, -0.2) is 25.2 Å². The fourth-order valence-corrected chi connectivity index (χ4v) is 5.74. The van der Waals surface area contributed by atoms with Gasteiger partial charge in [-0.2, -0.15) is 0 Å². The summed E-state index contributed by atoms with van der Waals surface area (Å²) in [5.74, 6) is -0.544. The number of carbonyl (C=O) groups is 1. The lowest BCUT2D eigenvalue weighted by molar-refractivity contribution is -0.137. The van der Waals surface area contributed by atoms with E-state index < -0.39 is 16.0 Å². The Balaban J connectivity index is 1.64. The molecule has 5 nitrogen and oxygen atoms in total. The molecule has 0 unspecified atom stereocenters. The minimum atomic E-state index is -3.52. The lowest BCUT2D eigenvalue weighted by atomic mass is 9.69. The van der Waals surface area contributed by atoms with Crippen LogP contribution in [0.5, 0.6) is 0 Å². The number of carboxylic acids is 1. The van der Waals surface area contributed by atoms with Crippen LogP contribution in [0.15, 0.2) is 47.7 Å². The number of fused-ring (bicyclic) bond motifs is 2. The summed E-state index contributed by atoms with van der Waals surface area (Å²) in [6, 6.07) is 6.05. The maximum absolute atomic E-state index is 13.3. The third-order valence-electron chi connectivity index (χ3n) is 6.05. The molecule has 1 aromatic rings. The van der Waals surface area contributed by atoms with Gasteiger partial charge in [0.2, 0.25) is 10.0 Å². The summed E-state index contributed by atoms with van der Waals surface area (Å²) < 4.78 is 41.7.